The van der Waals surface area contributed by atoms with Crippen molar-refractivity contribution in [1.29, 1.82) is 0 Å². The normalized spacial score (nSPS) is 15.9. The van der Waals surface area contributed by atoms with Gasteiger partial charge in [0.25, 0.3) is 0 Å². The summed E-state index contributed by atoms with van der Waals surface area (Å²) in [6.07, 6.45) is 9.03. The van der Waals surface area contributed by atoms with Crippen molar-refractivity contribution in [2.24, 2.45) is 13.0 Å². The van der Waals surface area contributed by atoms with Gasteiger partial charge < -0.3 is 34.5 Å². The number of aromatic nitrogens is 5. The van der Waals surface area contributed by atoms with E-state index in [0.717, 1.165) is 86.4 Å². The van der Waals surface area contributed by atoms with Gasteiger partial charge in [-0.15, -0.1) is 0 Å². The average Bonchev–Trinajstić information content (AvgIpc) is 3.61. The van der Waals surface area contributed by atoms with Gasteiger partial charge in [0.15, 0.2) is 0 Å². The highest BCUT2D eigenvalue weighted by Gasteiger charge is 2.30. The van der Waals surface area contributed by atoms with E-state index in [4.69, 9.17) is 14.5 Å². The number of amides is 1. The molecule has 302 valence electrons. The maximum absolute atomic E-state index is 13.6. The first-order valence-electron chi connectivity index (χ1n) is 19.3. The van der Waals surface area contributed by atoms with Crippen LogP contribution in [0.5, 0.6) is 5.75 Å². The number of aryl methyl sites for hydroxylation is 1. The third-order valence-electron chi connectivity index (χ3n) is 10.4. The molecule has 2 aliphatic heterocycles. The van der Waals surface area contributed by atoms with Gasteiger partial charge in [0.2, 0.25) is 5.95 Å². The second-order valence-electron chi connectivity index (χ2n) is 16.2. The summed E-state index contributed by atoms with van der Waals surface area (Å²) in [6, 6.07) is 11.9. The number of piperazine rings is 1. The van der Waals surface area contributed by atoms with E-state index in [1.807, 2.05) is 69.4 Å². The summed E-state index contributed by atoms with van der Waals surface area (Å²) in [5.74, 6) is 2.04. The van der Waals surface area contributed by atoms with Gasteiger partial charge in [-0.05, 0) is 80.9 Å². The third-order valence-corrected chi connectivity index (χ3v) is 12.5. The first kappa shape index (κ1) is 40.5. The number of likely N-dealkylation sites (tertiary alicyclic amines) is 1. The summed E-state index contributed by atoms with van der Waals surface area (Å²) >= 11 is 3.61. The molecule has 0 spiro atoms. The molecule has 16 heteroatoms. The minimum Gasteiger partial charge on any atom is -0.494 e. The van der Waals surface area contributed by atoms with E-state index >= 15 is 0 Å². The molecule has 3 aromatic heterocycles. The quantitative estimate of drug-likeness (QED) is 0.133. The maximum Gasteiger partial charge on any atom is 0.410 e. The van der Waals surface area contributed by atoms with Crippen LogP contribution in [0.1, 0.15) is 33.6 Å². The van der Waals surface area contributed by atoms with Crippen molar-refractivity contribution in [3.63, 3.8) is 0 Å². The lowest BCUT2D eigenvalue weighted by molar-refractivity contribution is 0.0169. The minimum atomic E-state index is -2.73. The Labute approximate surface area is 342 Å². The molecular formula is C41H52BrN10O4P. The van der Waals surface area contributed by atoms with E-state index < -0.39 is 12.7 Å². The Morgan fingerprint density at radius 2 is 1.70 bits per heavy atom. The topological polar surface area (TPSA) is 143 Å². The number of anilines is 5. The molecule has 14 nitrogen and oxygen atoms in total. The third kappa shape index (κ3) is 9.54. The van der Waals surface area contributed by atoms with Crippen molar-refractivity contribution in [2.45, 2.75) is 39.2 Å². The number of nitrogens with zero attached hydrogens (tertiary/aromatic N) is 8. The average molecular weight is 860 g/mol. The van der Waals surface area contributed by atoms with Crippen LogP contribution in [-0.4, -0.2) is 112 Å². The van der Waals surface area contributed by atoms with Crippen molar-refractivity contribution in [1.82, 2.24) is 34.5 Å². The standard InChI is InChI=1S/C41H52BrN10O4P/c1-41(2,3)56-40(53)52-14-12-27(13-15-52)25-50-16-18-51(19-17-50)35-21-36(55-5)33(20-30(35)28-22-45-49(4)26-28)47-39-44-23-31(42)38(48-39)46-34-24-43-32-11-9-8-10-29(32)37(34)57(6,7)54/h8-11,20-24,26-27H,12-19,25H2,1-7H3,(H2,44,46,47,48). The number of carbonyl (C=O) groups is 1. The van der Waals surface area contributed by atoms with Crippen molar-refractivity contribution < 1.29 is 18.8 Å². The number of methoxy groups -OCH3 is 1. The highest BCUT2D eigenvalue weighted by atomic mass is 79.9. The molecular weight excluding hydrogens is 807 g/mol. The molecule has 2 saturated heterocycles. The lowest BCUT2D eigenvalue weighted by atomic mass is 9.96. The highest BCUT2D eigenvalue weighted by Crippen LogP contribution is 2.43. The Morgan fingerprint density at radius 3 is 2.37 bits per heavy atom. The number of rotatable bonds is 10. The molecule has 2 aromatic carbocycles. The number of fused-ring (bicyclic) bond motifs is 1. The van der Waals surface area contributed by atoms with Crippen LogP contribution in [0, 0.1) is 5.92 Å². The van der Waals surface area contributed by atoms with Crippen molar-refractivity contribution in [3.05, 3.63) is 65.7 Å². The van der Waals surface area contributed by atoms with E-state index in [1.54, 1.807) is 37.5 Å². The molecule has 2 N–H and O–H groups in total. The number of para-hydroxylation sites is 1. The van der Waals surface area contributed by atoms with Gasteiger partial charge in [0.05, 0.1) is 40.9 Å². The predicted molar refractivity (Wildman–Crippen MR) is 232 cm³/mol. The van der Waals surface area contributed by atoms with Crippen LogP contribution in [0.15, 0.2) is 65.7 Å². The Balaban J connectivity index is 1.08. The highest BCUT2D eigenvalue weighted by molar-refractivity contribution is 9.10. The Kier molecular flexibility index (Phi) is 11.8. The first-order chi connectivity index (χ1) is 27.1. The fourth-order valence-electron chi connectivity index (χ4n) is 7.61. The summed E-state index contributed by atoms with van der Waals surface area (Å²) in [5, 5.41) is 12.8. The molecule has 2 fully saturated rings. The molecule has 0 bridgehead atoms. The lowest BCUT2D eigenvalue weighted by Crippen LogP contribution is -2.49. The van der Waals surface area contributed by atoms with Gasteiger partial charge in [0.1, 0.15) is 24.3 Å². The van der Waals surface area contributed by atoms with Gasteiger partial charge in [-0.2, -0.15) is 10.1 Å². The zero-order valence-electron chi connectivity index (χ0n) is 33.8. The fraction of sp³-hybridized carbons (Fsp3) is 0.439. The van der Waals surface area contributed by atoms with Crippen molar-refractivity contribution in [2.75, 3.05) is 81.8 Å². The van der Waals surface area contributed by atoms with Gasteiger partial charge in [-0.3, -0.25) is 14.6 Å². The molecule has 2 aliphatic rings. The first-order valence-corrected chi connectivity index (χ1v) is 22.7. The number of hydrogen-bond acceptors (Lipinski definition) is 12. The number of pyridine rings is 1. The largest absolute Gasteiger partial charge is 0.494 e. The molecule has 0 unspecified atom stereocenters. The monoisotopic (exact) mass is 858 g/mol. The van der Waals surface area contributed by atoms with Crippen LogP contribution in [0.3, 0.4) is 0 Å². The molecule has 1 amide bonds. The number of hydrogen-bond donors (Lipinski definition) is 2. The smallest absolute Gasteiger partial charge is 0.410 e. The van der Waals surface area contributed by atoms with E-state index in [-0.39, 0.29) is 6.09 Å². The molecule has 0 atom stereocenters. The SMILES string of the molecule is COc1cc(N2CCN(CC3CCN(C(=O)OC(C)(C)C)CC3)CC2)c(-c2cnn(C)c2)cc1Nc1ncc(Br)c(Nc2cnc3ccccc3c2P(C)(C)=O)n1. The zero-order chi connectivity index (χ0) is 40.5. The number of piperidine rings is 1. The molecule has 0 aliphatic carbocycles. The van der Waals surface area contributed by atoms with Crippen LogP contribution in [0.2, 0.25) is 0 Å². The molecule has 0 saturated carbocycles. The molecule has 7 rings (SSSR count). The predicted octanol–water partition coefficient (Wildman–Crippen LogP) is 7.70. The van der Waals surface area contributed by atoms with Crippen LogP contribution >= 0.6 is 23.1 Å². The Morgan fingerprint density at radius 1 is 0.965 bits per heavy atom. The van der Waals surface area contributed by atoms with Gasteiger partial charge in [0, 0.05) is 98.8 Å². The Hall–Kier alpha value is -4.72. The van der Waals surface area contributed by atoms with E-state index in [2.05, 4.69) is 63.6 Å². The van der Waals surface area contributed by atoms with E-state index in [9.17, 15) is 9.36 Å². The molecule has 57 heavy (non-hydrogen) atoms. The summed E-state index contributed by atoms with van der Waals surface area (Å²) in [5.41, 5.74) is 4.68. The van der Waals surface area contributed by atoms with Crippen molar-refractivity contribution >= 4 is 74.2 Å². The summed E-state index contributed by atoms with van der Waals surface area (Å²) < 4.78 is 27.6. The summed E-state index contributed by atoms with van der Waals surface area (Å²) in [7, 11) is 0.854. The number of nitrogens with one attached hydrogen (secondary N) is 2. The second-order valence-corrected chi connectivity index (χ2v) is 20.2. The lowest BCUT2D eigenvalue weighted by Gasteiger charge is -2.40. The zero-order valence-corrected chi connectivity index (χ0v) is 36.2. The second kappa shape index (κ2) is 16.6. The Bertz CT molecular complexity index is 2290. The van der Waals surface area contributed by atoms with Gasteiger partial charge in [-0.1, -0.05) is 18.2 Å². The number of benzene rings is 2. The van der Waals surface area contributed by atoms with Crippen LogP contribution in [0.4, 0.5) is 33.6 Å². The summed E-state index contributed by atoms with van der Waals surface area (Å²) in [6.45, 7) is 15.3. The number of ether oxygens (including phenoxy) is 2. The molecule has 0 radical (unpaired) electrons. The summed E-state index contributed by atoms with van der Waals surface area (Å²) in [4.78, 5) is 33.4. The van der Waals surface area contributed by atoms with Gasteiger partial charge >= 0.3 is 6.09 Å². The van der Waals surface area contributed by atoms with E-state index in [1.165, 1.54) is 0 Å². The number of carbonyl (C=O) groups excluding carboxylic acids is 1. The maximum atomic E-state index is 13.6. The molecule has 5 aromatic rings. The van der Waals surface area contributed by atoms with Gasteiger partial charge in [-0.25, -0.2) is 9.78 Å². The molecule has 5 heterocycles. The van der Waals surface area contributed by atoms with Crippen molar-refractivity contribution in [3.8, 4) is 16.9 Å². The fourth-order valence-corrected chi connectivity index (χ4v) is 9.36. The number of halogens is 1. The van der Waals surface area contributed by atoms with E-state index in [0.29, 0.717) is 44.6 Å². The van der Waals surface area contributed by atoms with Crippen LogP contribution in [-0.2, 0) is 16.3 Å². The minimum absolute atomic E-state index is 0.211. The van der Waals surface area contributed by atoms with Crippen LogP contribution in [0.25, 0.3) is 22.0 Å². The van der Waals surface area contributed by atoms with Crippen LogP contribution < -0.4 is 25.6 Å².